The summed E-state index contributed by atoms with van der Waals surface area (Å²) in [5.41, 5.74) is 7.34. The number of para-hydroxylation sites is 1. The SMILES string of the molecule is COc1ccc(N(C)c2ccccc2)cc1.Cc1ccc(N(C)c2ccc(C)cc2)cc1. The van der Waals surface area contributed by atoms with E-state index in [4.69, 9.17) is 4.74 Å². The number of hydrogen-bond donors (Lipinski definition) is 0. The van der Waals surface area contributed by atoms with E-state index in [-0.39, 0.29) is 0 Å². The largest absolute Gasteiger partial charge is 0.497 e. The predicted molar refractivity (Wildman–Crippen MR) is 138 cm³/mol. The van der Waals surface area contributed by atoms with Crippen LogP contribution in [0.1, 0.15) is 11.1 Å². The Balaban J connectivity index is 0.000000181. The van der Waals surface area contributed by atoms with E-state index in [0.717, 1.165) is 11.4 Å². The number of aryl methyl sites for hydroxylation is 2. The molecular weight excluding hydrogens is 392 g/mol. The summed E-state index contributed by atoms with van der Waals surface area (Å²) in [5.74, 6) is 0.880. The van der Waals surface area contributed by atoms with Gasteiger partial charge in [-0.2, -0.15) is 0 Å². The van der Waals surface area contributed by atoms with Crippen LogP contribution in [0.3, 0.4) is 0 Å². The first-order valence-electron chi connectivity index (χ1n) is 10.8. The Morgan fingerprint density at radius 3 is 1.19 bits per heavy atom. The predicted octanol–water partition coefficient (Wildman–Crippen LogP) is 7.53. The summed E-state index contributed by atoms with van der Waals surface area (Å²) < 4.78 is 5.14. The number of benzene rings is 4. The Morgan fingerprint density at radius 1 is 0.469 bits per heavy atom. The summed E-state index contributed by atoms with van der Waals surface area (Å²) in [6.45, 7) is 4.21. The fourth-order valence-corrected chi connectivity index (χ4v) is 3.29. The van der Waals surface area contributed by atoms with Gasteiger partial charge in [0.1, 0.15) is 5.75 Å². The average molecular weight is 425 g/mol. The van der Waals surface area contributed by atoms with Crippen LogP contribution in [0.25, 0.3) is 0 Å². The summed E-state index contributed by atoms with van der Waals surface area (Å²) in [6.07, 6.45) is 0. The van der Waals surface area contributed by atoms with Gasteiger partial charge in [-0.15, -0.1) is 0 Å². The lowest BCUT2D eigenvalue weighted by atomic mass is 10.2. The number of rotatable bonds is 5. The molecule has 0 heterocycles. The summed E-state index contributed by atoms with van der Waals surface area (Å²) in [4.78, 5) is 4.33. The van der Waals surface area contributed by atoms with Crippen LogP contribution in [0.2, 0.25) is 0 Å². The fourth-order valence-electron chi connectivity index (χ4n) is 3.29. The smallest absolute Gasteiger partial charge is 0.119 e. The van der Waals surface area contributed by atoms with Crippen molar-refractivity contribution in [3.05, 3.63) is 114 Å². The van der Waals surface area contributed by atoms with Crippen molar-refractivity contribution in [1.82, 2.24) is 0 Å². The van der Waals surface area contributed by atoms with E-state index in [9.17, 15) is 0 Å². The topological polar surface area (TPSA) is 15.7 Å². The van der Waals surface area contributed by atoms with Gasteiger partial charge in [0.25, 0.3) is 0 Å². The molecule has 0 fully saturated rings. The second-order valence-corrected chi connectivity index (χ2v) is 7.82. The normalized spacial score (nSPS) is 10.0. The number of nitrogens with zero attached hydrogens (tertiary/aromatic N) is 2. The maximum Gasteiger partial charge on any atom is 0.119 e. The zero-order valence-electron chi connectivity index (χ0n) is 19.6. The molecule has 0 saturated heterocycles. The van der Waals surface area contributed by atoms with Crippen molar-refractivity contribution in [2.24, 2.45) is 0 Å². The van der Waals surface area contributed by atoms with Crippen molar-refractivity contribution >= 4 is 22.7 Å². The van der Waals surface area contributed by atoms with Crippen LogP contribution in [-0.2, 0) is 0 Å². The molecule has 0 aliphatic rings. The van der Waals surface area contributed by atoms with E-state index in [0.29, 0.717) is 0 Å². The minimum Gasteiger partial charge on any atom is -0.497 e. The molecule has 4 rings (SSSR count). The Bertz CT molecular complexity index is 1030. The van der Waals surface area contributed by atoms with Gasteiger partial charge in [-0.25, -0.2) is 0 Å². The van der Waals surface area contributed by atoms with E-state index in [2.05, 4.69) is 98.4 Å². The van der Waals surface area contributed by atoms with Crippen molar-refractivity contribution in [2.45, 2.75) is 13.8 Å². The van der Waals surface area contributed by atoms with Gasteiger partial charge in [0.05, 0.1) is 7.11 Å². The van der Waals surface area contributed by atoms with E-state index in [1.54, 1.807) is 7.11 Å². The standard InChI is InChI=1S/C15H17N.C14H15NO/c1-12-4-8-14(9-5-12)16(3)15-10-6-13(2)7-11-15;1-15(12-6-4-3-5-7-12)13-8-10-14(16-2)11-9-13/h4-11H,1-3H3;3-11H,1-2H3. The van der Waals surface area contributed by atoms with Gasteiger partial charge in [-0.1, -0.05) is 53.6 Å². The highest BCUT2D eigenvalue weighted by molar-refractivity contribution is 5.63. The van der Waals surface area contributed by atoms with Crippen molar-refractivity contribution < 1.29 is 4.74 Å². The Kier molecular flexibility index (Phi) is 7.93. The zero-order valence-corrected chi connectivity index (χ0v) is 19.6. The number of anilines is 4. The van der Waals surface area contributed by atoms with E-state index in [1.165, 1.54) is 28.2 Å². The molecule has 0 amide bonds. The highest BCUT2D eigenvalue weighted by Gasteiger charge is 2.03. The van der Waals surface area contributed by atoms with Gasteiger partial charge >= 0.3 is 0 Å². The lowest BCUT2D eigenvalue weighted by molar-refractivity contribution is 0.415. The number of hydrogen-bond acceptors (Lipinski definition) is 3. The van der Waals surface area contributed by atoms with Gasteiger partial charge in [-0.3, -0.25) is 0 Å². The van der Waals surface area contributed by atoms with Crippen molar-refractivity contribution in [2.75, 3.05) is 31.0 Å². The molecule has 164 valence electrons. The lowest BCUT2D eigenvalue weighted by Crippen LogP contribution is -2.08. The molecular formula is C29H32N2O. The molecule has 4 aromatic rings. The molecule has 0 spiro atoms. The highest BCUT2D eigenvalue weighted by atomic mass is 16.5. The second kappa shape index (κ2) is 11.1. The highest BCUT2D eigenvalue weighted by Crippen LogP contribution is 2.25. The minimum atomic E-state index is 0.880. The Hall–Kier alpha value is -3.72. The summed E-state index contributed by atoms with van der Waals surface area (Å²) in [5, 5.41) is 0. The minimum absolute atomic E-state index is 0.880. The van der Waals surface area contributed by atoms with Crippen molar-refractivity contribution in [1.29, 1.82) is 0 Å². The zero-order chi connectivity index (χ0) is 22.9. The third-order valence-corrected chi connectivity index (χ3v) is 5.45. The van der Waals surface area contributed by atoms with E-state index in [1.807, 2.05) is 42.5 Å². The monoisotopic (exact) mass is 424 g/mol. The van der Waals surface area contributed by atoms with E-state index < -0.39 is 0 Å². The number of ether oxygens (including phenoxy) is 1. The molecule has 0 bridgehead atoms. The average Bonchev–Trinajstić information content (AvgIpc) is 2.85. The lowest BCUT2D eigenvalue weighted by Gasteiger charge is -2.19. The molecule has 32 heavy (non-hydrogen) atoms. The molecule has 0 aromatic heterocycles. The second-order valence-electron chi connectivity index (χ2n) is 7.82. The Labute approximate surface area is 192 Å². The van der Waals surface area contributed by atoms with Crippen LogP contribution in [0.5, 0.6) is 5.75 Å². The first-order chi connectivity index (χ1) is 15.5. The van der Waals surface area contributed by atoms with Gasteiger partial charge < -0.3 is 14.5 Å². The molecule has 0 saturated carbocycles. The molecule has 4 aromatic carbocycles. The van der Waals surface area contributed by atoms with Gasteiger partial charge in [0.15, 0.2) is 0 Å². The van der Waals surface area contributed by atoms with Gasteiger partial charge in [0, 0.05) is 36.8 Å². The third kappa shape index (κ3) is 6.14. The van der Waals surface area contributed by atoms with Crippen molar-refractivity contribution in [3.63, 3.8) is 0 Å². The maximum absolute atomic E-state index is 5.14. The first kappa shape index (κ1) is 23.0. The molecule has 0 radical (unpaired) electrons. The van der Waals surface area contributed by atoms with Crippen LogP contribution in [0, 0.1) is 13.8 Å². The molecule has 0 unspecified atom stereocenters. The number of methoxy groups -OCH3 is 1. The molecule has 0 atom stereocenters. The van der Waals surface area contributed by atoms with E-state index >= 15 is 0 Å². The molecule has 0 N–H and O–H groups in total. The summed E-state index contributed by atoms with van der Waals surface area (Å²) in [7, 11) is 5.82. The summed E-state index contributed by atoms with van der Waals surface area (Å²) in [6, 6.07) is 35.4. The van der Waals surface area contributed by atoms with Gasteiger partial charge in [0.2, 0.25) is 0 Å². The molecule has 0 aliphatic carbocycles. The quantitative estimate of drug-likeness (QED) is 0.329. The van der Waals surface area contributed by atoms with Gasteiger partial charge in [-0.05, 0) is 74.5 Å². The molecule has 3 nitrogen and oxygen atoms in total. The third-order valence-electron chi connectivity index (χ3n) is 5.45. The molecule has 3 heteroatoms. The van der Waals surface area contributed by atoms with Crippen LogP contribution < -0.4 is 14.5 Å². The Morgan fingerprint density at radius 2 is 0.812 bits per heavy atom. The van der Waals surface area contributed by atoms with Crippen LogP contribution in [0.15, 0.2) is 103 Å². The van der Waals surface area contributed by atoms with Crippen LogP contribution in [0.4, 0.5) is 22.7 Å². The first-order valence-corrected chi connectivity index (χ1v) is 10.8. The van der Waals surface area contributed by atoms with Crippen LogP contribution >= 0.6 is 0 Å². The fraction of sp³-hybridized carbons (Fsp3) is 0.172. The molecule has 0 aliphatic heterocycles. The van der Waals surface area contributed by atoms with Crippen LogP contribution in [-0.4, -0.2) is 21.2 Å². The summed E-state index contributed by atoms with van der Waals surface area (Å²) >= 11 is 0. The van der Waals surface area contributed by atoms with Crippen molar-refractivity contribution in [3.8, 4) is 5.75 Å². The maximum atomic E-state index is 5.14.